The summed E-state index contributed by atoms with van der Waals surface area (Å²) in [6.45, 7) is 2.15. The van der Waals surface area contributed by atoms with Gasteiger partial charge in [-0.1, -0.05) is 31.0 Å². The summed E-state index contributed by atoms with van der Waals surface area (Å²) in [5.41, 5.74) is 0. The quantitative estimate of drug-likeness (QED) is 0.817. The van der Waals surface area contributed by atoms with Crippen molar-refractivity contribution < 1.29 is 14.6 Å². The first-order chi connectivity index (χ1) is 9.66. The van der Waals surface area contributed by atoms with Crippen molar-refractivity contribution in [1.29, 1.82) is 0 Å². The Balaban J connectivity index is 2.07. The fraction of sp³-hybridized carbons (Fsp3) is 0.562. The molecule has 20 heavy (non-hydrogen) atoms. The largest absolute Gasteiger partial charge is 0.466 e. The summed E-state index contributed by atoms with van der Waals surface area (Å²) in [5, 5.41) is 10.5. The van der Waals surface area contributed by atoms with E-state index in [4.69, 9.17) is 4.74 Å². The topological polar surface area (TPSA) is 46.5 Å². The van der Waals surface area contributed by atoms with E-state index >= 15 is 0 Å². The van der Waals surface area contributed by atoms with E-state index in [2.05, 4.69) is 12.1 Å². The Kier molecular flexibility index (Phi) is 5.49. The lowest BCUT2D eigenvalue weighted by molar-refractivity contribution is -0.145. The van der Waals surface area contributed by atoms with Gasteiger partial charge in [0.05, 0.1) is 19.1 Å². The maximum atomic E-state index is 11.6. The van der Waals surface area contributed by atoms with Crippen molar-refractivity contribution in [2.24, 2.45) is 0 Å². The Morgan fingerprint density at radius 1 is 1.35 bits per heavy atom. The number of aliphatic hydroxyl groups is 1. The molecule has 1 aliphatic rings. The maximum Gasteiger partial charge on any atom is 0.308 e. The molecule has 1 N–H and O–H groups in total. The number of carbonyl (C=O) groups is 1. The smallest absolute Gasteiger partial charge is 0.308 e. The van der Waals surface area contributed by atoms with Crippen molar-refractivity contribution in [2.75, 3.05) is 6.61 Å². The average Bonchev–Trinajstić information content (AvgIpc) is 2.90. The second kappa shape index (κ2) is 7.14. The van der Waals surface area contributed by atoms with E-state index in [0.717, 1.165) is 30.6 Å². The summed E-state index contributed by atoms with van der Waals surface area (Å²) < 4.78 is 4.72. The number of hydrogen-bond donors (Lipinski definition) is 1. The van der Waals surface area contributed by atoms with E-state index in [1.807, 2.05) is 18.2 Å². The molecule has 1 aromatic carbocycles. The van der Waals surface area contributed by atoms with Crippen LogP contribution in [0.3, 0.4) is 0 Å². The molecule has 0 aliphatic heterocycles. The van der Waals surface area contributed by atoms with Crippen LogP contribution >= 0.6 is 11.8 Å². The van der Waals surface area contributed by atoms with Crippen molar-refractivity contribution in [3.63, 3.8) is 0 Å². The first-order valence-electron chi connectivity index (χ1n) is 7.24. The Hall–Kier alpha value is -1.00. The van der Waals surface area contributed by atoms with E-state index in [-0.39, 0.29) is 17.1 Å². The lowest BCUT2D eigenvalue weighted by Gasteiger charge is -2.33. The fourth-order valence-corrected chi connectivity index (χ4v) is 4.24. The molecule has 1 aliphatic carbocycles. The second-order valence-corrected chi connectivity index (χ2v) is 6.70. The predicted octanol–water partition coefficient (Wildman–Crippen LogP) is 3.41. The maximum absolute atomic E-state index is 11.6. The van der Waals surface area contributed by atoms with E-state index in [1.165, 1.54) is 0 Å². The molecule has 1 saturated carbocycles. The predicted molar refractivity (Wildman–Crippen MR) is 80.8 cm³/mol. The summed E-state index contributed by atoms with van der Waals surface area (Å²) in [5.74, 6) is -0.306. The van der Waals surface area contributed by atoms with E-state index in [1.54, 1.807) is 18.7 Å². The lowest BCUT2D eigenvalue weighted by atomic mass is 9.97. The van der Waals surface area contributed by atoms with E-state index in [0.29, 0.717) is 6.61 Å². The molecular weight excluding hydrogens is 272 g/mol. The standard InChI is InChI=1S/C16H22O3S/c1-2-19-15(18)12-14(17)16(10-6-7-11-16)20-13-8-4-3-5-9-13/h3-5,8-9,14,17H,2,6-7,10-12H2,1H3. The molecule has 0 heterocycles. The molecule has 1 atom stereocenters. The van der Waals surface area contributed by atoms with Gasteiger partial charge >= 0.3 is 5.97 Å². The molecule has 1 aromatic rings. The zero-order valence-electron chi connectivity index (χ0n) is 11.9. The molecule has 0 bridgehead atoms. The summed E-state index contributed by atoms with van der Waals surface area (Å²) in [7, 11) is 0. The number of thioether (sulfide) groups is 1. The molecule has 1 fully saturated rings. The average molecular weight is 294 g/mol. The van der Waals surface area contributed by atoms with Crippen molar-refractivity contribution in [3.8, 4) is 0 Å². The van der Waals surface area contributed by atoms with Gasteiger partial charge < -0.3 is 9.84 Å². The van der Waals surface area contributed by atoms with Crippen LogP contribution in [0.1, 0.15) is 39.0 Å². The molecular formula is C16H22O3S. The monoisotopic (exact) mass is 294 g/mol. The number of rotatable bonds is 6. The summed E-state index contributed by atoms with van der Waals surface area (Å²) in [4.78, 5) is 12.8. The fourth-order valence-electron chi connectivity index (χ4n) is 2.76. The van der Waals surface area contributed by atoms with Crippen LogP contribution in [-0.4, -0.2) is 28.5 Å². The van der Waals surface area contributed by atoms with Crippen LogP contribution in [0.4, 0.5) is 0 Å². The van der Waals surface area contributed by atoms with Crippen molar-refractivity contribution in [1.82, 2.24) is 0 Å². The zero-order valence-corrected chi connectivity index (χ0v) is 12.7. The molecule has 0 saturated heterocycles. The number of aliphatic hydroxyl groups excluding tert-OH is 1. The number of esters is 1. The summed E-state index contributed by atoms with van der Waals surface area (Å²) in [6, 6.07) is 10.1. The highest BCUT2D eigenvalue weighted by atomic mass is 32.2. The van der Waals surface area contributed by atoms with E-state index < -0.39 is 6.10 Å². The Morgan fingerprint density at radius 2 is 2.00 bits per heavy atom. The van der Waals surface area contributed by atoms with Gasteiger partial charge in [-0.2, -0.15) is 0 Å². The molecule has 0 spiro atoms. The molecule has 2 rings (SSSR count). The highest BCUT2D eigenvalue weighted by Gasteiger charge is 2.42. The highest BCUT2D eigenvalue weighted by molar-refractivity contribution is 8.00. The summed E-state index contributed by atoms with van der Waals surface area (Å²) >= 11 is 1.71. The van der Waals surface area contributed by atoms with E-state index in [9.17, 15) is 9.90 Å². The van der Waals surface area contributed by atoms with Crippen LogP contribution in [0.5, 0.6) is 0 Å². The van der Waals surface area contributed by atoms with Crippen LogP contribution in [0.25, 0.3) is 0 Å². The Morgan fingerprint density at radius 3 is 2.60 bits per heavy atom. The van der Waals surface area contributed by atoms with Crippen LogP contribution in [0.15, 0.2) is 35.2 Å². The first-order valence-corrected chi connectivity index (χ1v) is 8.06. The third-order valence-corrected chi connectivity index (χ3v) is 5.38. The third-order valence-electron chi connectivity index (χ3n) is 3.79. The molecule has 4 heteroatoms. The van der Waals surface area contributed by atoms with Gasteiger partial charge in [0.2, 0.25) is 0 Å². The third kappa shape index (κ3) is 3.76. The zero-order chi connectivity index (χ0) is 14.4. The van der Waals surface area contributed by atoms with Crippen LogP contribution < -0.4 is 0 Å². The van der Waals surface area contributed by atoms with Crippen molar-refractivity contribution >= 4 is 17.7 Å². The molecule has 0 radical (unpaired) electrons. The van der Waals surface area contributed by atoms with Gasteiger partial charge in [-0.05, 0) is 31.9 Å². The van der Waals surface area contributed by atoms with Gasteiger partial charge in [0.15, 0.2) is 0 Å². The van der Waals surface area contributed by atoms with Gasteiger partial charge in [-0.15, -0.1) is 11.8 Å². The Bertz CT molecular complexity index is 427. The van der Waals surface area contributed by atoms with Gasteiger partial charge in [0, 0.05) is 9.64 Å². The van der Waals surface area contributed by atoms with Crippen molar-refractivity contribution in [2.45, 2.75) is 54.8 Å². The molecule has 3 nitrogen and oxygen atoms in total. The minimum atomic E-state index is -0.644. The van der Waals surface area contributed by atoms with Crippen LogP contribution in [0, 0.1) is 0 Å². The second-order valence-electron chi connectivity index (χ2n) is 5.21. The Labute approximate surface area is 124 Å². The molecule has 0 aromatic heterocycles. The van der Waals surface area contributed by atoms with Crippen LogP contribution in [0.2, 0.25) is 0 Å². The van der Waals surface area contributed by atoms with Gasteiger partial charge in [0.1, 0.15) is 0 Å². The number of carbonyl (C=O) groups excluding carboxylic acids is 1. The number of benzene rings is 1. The number of ether oxygens (including phenoxy) is 1. The number of hydrogen-bond acceptors (Lipinski definition) is 4. The minimum absolute atomic E-state index is 0.0909. The minimum Gasteiger partial charge on any atom is -0.466 e. The van der Waals surface area contributed by atoms with Crippen LogP contribution in [-0.2, 0) is 9.53 Å². The normalized spacial score (nSPS) is 18.7. The van der Waals surface area contributed by atoms with Gasteiger partial charge in [-0.3, -0.25) is 4.79 Å². The molecule has 1 unspecified atom stereocenters. The first kappa shape index (κ1) is 15.4. The lowest BCUT2D eigenvalue weighted by Crippen LogP contribution is -2.38. The van der Waals surface area contributed by atoms with Crippen molar-refractivity contribution in [3.05, 3.63) is 30.3 Å². The molecule has 0 amide bonds. The van der Waals surface area contributed by atoms with Gasteiger partial charge in [-0.25, -0.2) is 0 Å². The molecule has 110 valence electrons. The van der Waals surface area contributed by atoms with Gasteiger partial charge in [0.25, 0.3) is 0 Å². The SMILES string of the molecule is CCOC(=O)CC(O)C1(Sc2ccccc2)CCCC1. The summed E-state index contributed by atoms with van der Waals surface area (Å²) in [6.07, 6.45) is 3.57. The highest BCUT2D eigenvalue weighted by Crippen LogP contribution is 2.48.